The molecule has 0 saturated carbocycles. The number of hydrogen-bond acceptors (Lipinski definition) is 7. The summed E-state index contributed by atoms with van der Waals surface area (Å²) in [4.78, 5) is 25.6. The number of rotatable bonds is 12. The molecule has 0 heterocycles. The topological polar surface area (TPSA) is 114 Å². The summed E-state index contributed by atoms with van der Waals surface area (Å²) in [6, 6.07) is 32.3. The van der Waals surface area contributed by atoms with Crippen LogP contribution < -0.4 is 4.31 Å². The molecule has 47 heavy (non-hydrogen) atoms. The van der Waals surface area contributed by atoms with Crippen molar-refractivity contribution in [2.45, 2.75) is 63.4 Å². The van der Waals surface area contributed by atoms with E-state index in [1.165, 1.54) is 19.2 Å². The average molecular weight is 653 g/mol. The molecule has 0 fully saturated rings. The summed E-state index contributed by atoms with van der Waals surface area (Å²) in [5.41, 5.74) is 3.92. The fourth-order valence-corrected chi connectivity index (χ4v) is 6.54. The van der Waals surface area contributed by atoms with E-state index < -0.39 is 21.7 Å². The standard InChI is InChI=1S/C38H40N2O6S/c1-38(2,3)46-37(42)40(34-14-6-5-7-15-34)47(43,44)35-24-19-28(20-25-35)10-8-12-32(36(41)45-4)23-18-29-16-21-31(22-17-29)33-13-9-11-30(26-33)27-39/h5-7,9,11,13-17,19-22,24-26,32H,8,10,12,18,23H2,1-4H3. The fraction of sp³-hybridized carbons (Fsp3) is 0.289. The van der Waals surface area contributed by atoms with Gasteiger partial charge in [-0.05, 0) is 112 Å². The highest BCUT2D eigenvalue weighted by atomic mass is 32.2. The third-order valence-corrected chi connectivity index (χ3v) is 9.33. The van der Waals surface area contributed by atoms with Crippen LogP contribution in [0.4, 0.5) is 10.5 Å². The van der Waals surface area contributed by atoms with Crippen molar-refractivity contribution in [1.29, 1.82) is 5.26 Å². The molecule has 1 unspecified atom stereocenters. The summed E-state index contributed by atoms with van der Waals surface area (Å²) in [5.74, 6) is -0.528. The molecule has 0 spiro atoms. The number of anilines is 1. The lowest BCUT2D eigenvalue weighted by Gasteiger charge is -2.27. The van der Waals surface area contributed by atoms with Crippen LogP contribution in [0.5, 0.6) is 0 Å². The maximum absolute atomic E-state index is 13.7. The number of sulfonamides is 1. The van der Waals surface area contributed by atoms with Gasteiger partial charge in [-0.2, -0.15) is 9.57 Å². The Labute approximate surface area is 277 Å². The molecule has 4 aromatic carbocycles. The Bertz CT molecular complexity index is 1810. The van der Waals surface area contributed by atoms with Crippen LogP contribution in [0.25, 0.3) is 11.1 Å². The van der Waals surface area contributed by atoms with E-state index in [1.54, 1.807) is 69.3 Å². The second-order valence-electron chi connectivity index (χ2n) is 12.3. The normalized spacial score (nSPS) is 12.1. The van der Waals surface area contributed by atoms with Crippen LogP contribution in [0, 0.1) is 17.2 Å². The molecule has 8 nitrogen and oxygen atoms in total. The summed E-state index contributed by atoms with van der Waals surface area (Å²) in [6.45, 7) is 5.03. The first-order valence-electron chi connectivity index (χ1n) is 15.5. The summed E-state index contributed by atoms with van der Waals surface area (Å²) in [7, 11) is -2.86. The number of hydrogen-bond donors (Lipinski definition) is 0. The Hall–Kier alpha value is -4.94. The van der Waals surface area contributed by atoms with Gasteiger partial charge in [0, 0.05) is 0 Å². The Morgan fingerprint density at radius 2 is 1.45 bits per heavy atom. The van der Waals surface area contributed by atoms with Gasteiger partial charge in [0.05, 0.1) is 35.2 Å². The molecule has 4 rings (SSSR count). The van der Waals surface area contributed by atoms with E-state index in [2.05, 4.69) is 6.07 Å². The lowest BCUT2D eigenvalue weighted by Crippen LogP contribution is -2.41. The van der Waals surface area contributed by atoms with Gasteiger partial charge in [-0.15, -0.1) is 0 Å². The molecule has 0 aliphatic rings. The Kier molecular flexibility index (Phi) is 11.6. The molecule has 1 amide bonds. The maximum atomic E-state index is 13.7. The van der Waals surface area contributed by atoms with Crippen LogP contribution in [-0.2, 0) is 37.1 Å². The van der Waals surface area contributed by atoms with Crippen molar-refractivity contribution < 1.29 is 27.5 Å². The Balaban J connectivity index is 1.38. The van der Waals surface area contributed by atoms with E-state index in [0.717, 1.165) is 22.3 Å². The van der Waals surface area contributed by atoms with Crippen molar-refractivity contribution in [3.05, 3.63) is 120 Å². The van der Waals surface area contributed by atoms with Crippen LogP contribution in [0.1, 0.15) is 56.7 Å². The number of benzene rings is 4. The van der Waals surface area contributed by atoms with Crippen LogP contribution in [-0.4, -0.2) is 33.2 Å². The van der Waals surface area contributed by atoms with E-state index in [4.69, 9.17) is 9.47 Å². The molecule has 9 heteroatoms. The first kappa shape index (κ1) is 34.9. The summed E-state index contributed by atoms with van der Waals surface area (Å²) in [6.07, 6.45) is 2.31. The molecule has 0 aromatic heterocycles. The molecular formula is C38H40N2O6S. The number of nitriles is 1. The van der Waals surface area contributed by atoms with Crippen molar-refractivity contribution in [3.8, 4) is 17.2 Å². The zero-order valence-electron chi connectivity index (χ0n) is 27.2. The second-order valence-corrected chi connectivity index (χ2v) is 14.1. The quantitative estimate of drug-likeness (QED) is 0.142. The van der Waals surface area contributed by atoms with E-state index >= 15 is 0 Å². The SMILES string of the molecule is COC(=O)C(CCCc1ccc(S(=O)(=O)N(C(=O)OC(C)(C)C)c2ccccc2)cc1)CCc1ccc(-c2cccc(C#N)c2)cc1. The number of aryl methyl sites for hydroxylation is 2. The first-order valence-corrected chi connectivity index (χ1v) is 16.9. The van der Waals surface area contributed by atoms with Gasteiger partial charge in [-0.1, -0.05) is 66.7 Å². The number of para-hydroxylation sites is 1. The van der Waals surface area contributed by atoms with Gasteiger partial charge in [-0.25, -0.2) is 13.2 Å². The summed E-state index contributed by atoms with van der Waals surface area (Å²) in [5, 5.41) is 9.18. The molecule has 0 N–H and O–H groups in total. The molecule has 0 radical (unpaired) electrons. The highest BCUT2D eigenvalue weighted by Crippen LogP contribution is 2.27. The number of nitrogens with zero attached hydrogens (tertiary/aromatic N) is 2. The smallest absolute Gasteiger partial charge is 0.429 e. The number of ether oxygens (including phenoxy) is 2. The second kappa shape index (κ2) is 15.6. The third kappa shape index (κ3) is 9.53. The number of esters is 1. The predicted molar refractivity (Wildman–Crippen MR) is 182 cm³/mol. The largest absolute Gasteiger partial charge is 0.469 e. The molecular weight excluding hydrogens is 612 g/mol. The van der Waals surface area contributed by atoms with Gasteiger partial charge < -0.3 is 9.47 Å². The molecule has 0 aliphatic heterocycles. The van der Waals surface area contributed by atoms with E-state index in [9.17, 15) is 23.3 Å². The highest BCUT2D eigenvalue weighted by Gasteiger charge is 2.34. The zero-order valence-corrected chi connectivity index (χ0v) is 28.0. The minimum Gasteiger partial charge on any atom is -0.469 e. The van der Waals surface area contributed by atoms with Gasteiger partial charge in [-0.3, -0.25) is 4.79 Å². The van der Waals surface area contributed by atoms with E-state index in [0.29, 0.717) is 42.0 Å². The van der Waals surface area contributed by atoms with Gasteiger partial charge in [0.2, 0.25) is 0 Å². The number of methoxy groups -OCH3 is 1. The minimum absolute atomic E-state index is 0.0350. The van der Waals surface area contributed by atoms with Gasteiger partial charge in [0.25, 0.3) is 10.0 Å². The summed E-state index contributed by atoms with van der Waals surface area (Å²) < 4.78 is 38.5. The maximum Gasteiger partial charge on any atom is 0.429 e. The van der Waals surface area contributed by atoms with Gasteiger partial charge in [0.1, 0.15) is 5.60 Å². The van der Waals surface area contributed by atoms with E-state index in [-0.39, 0.29) is 22.5 Å². The molecule has 1 atom stereocenters. The van der Waals surface area contributed by atoms with Crippen molar-refractivity contribution in [3.63, 3.8) is 0 Å². The fourth-order valence-electron chi connectivity index (χ4n) is 5.21. The molecule has 0 aliphatic carbocycles. The minimum atomic E-state index is -4.26. The number of carbonyl (C=O) groups excluding carboxylic acids is 2. The molecule has 0 saturated heterocycles. The summed E-state index contributed by atoms with van der Waals surface area (Å²) >= 11 is 0. The molecule has 244 valence electrons. The van der Waals surface area contributed by atoms with Crippen molar-refractivity contribution >= 4 is 27.8 Å². The van der Waals surface area contributed by atoms with Crippen LogP contribution >= 0.6 is 0 Å². The average Bonchev–Trinajstić information content (AvgIpc) is 3.06. The molecule has 0 bridgehead atoms. The lowest BCUT2D eigenvalue weighted by atomic mass is 9.92. The zero-order chi connectivity index (χ0) is 34.0. The van der Waals surface area contributed by atoms with Crippen LogP contribution in [0.3, 0.4) is 0 Å². The Morgan fingerprint density at radius 1 is 0.809 bits per heavy atom. The monoisotopic (exact) mass is 652 g/mol. The highest BCUT2D eigenvalue weighted by molar-refractivity contribution is 7.93. The predicted octanol–water partition coefficient (Wildman–Crippen LogP) is 8.10. The third-order valence-electron chi connectivity index (χ3n) is 7.62. The first-order chi connectivity index (χ1) is 22.4. The van der Waals surface area contributed by atoms with Crippen LogP contribution in [0.15, 0.2) is 108 Å². The van der Waals surface area contributed by atoms with Gasteiger partial charge in [0.15, 0.2) is 0 Å². The van der Waals surface area contributed by atoms with Crippen molar-refractivity contribution in [2.75, 3.05) is 11.4 Å². The van der Waals surface area contributed by atoms with E-state index in [1.807, 2.05) is 42.5 Å². The lowest BCUT2D eigenvalue weighted by molar-refractivity contribution is -0.145. The number of amides is 1. The van der Waals surface area contributed by atoms with Crippen LogP contribution in [0.2, 0.25) is 0 Å². The number of carbonyl (C=O) groups is 2. The van der Waals surface area contributed by atoms with Gasteiger partial charge >= 0.3 is 12.1 Å². The Morgan fingerprint density at radius 3 is 2.06 bits per heavy atom. The van der Waals surface area contributed by atoms with Crippen molar-refractivity contribution in [2.24, 2.45) is 5.92 Å². The molecule has 4 aromatic rings. The van der Waals surface area contributed by atoms with Crippen molar-refractivity contribution in [1.82, 2.24) is 0 Å².